The van der Waals surface area contributed by atoms with E-state index >= 15 is 0 Å². The average Bonchev–Trinajstić information content (AvgIpc) is 2.91. The van der Waals surface area contributed by atoms with Crippen molar-refractivity contribution in [3.8, 4) is 0 Å². The fraction of sp³-hybridized carbons (Fsp3) is 0.294. The van der Waals surface area contributed by atoms with E-state index in [1.54, 1.807) is 13.1 Å². The minimum absolute atomic E-state index is 0.0590. The average molecular weight is 253 g/mol. The summed E-state index contributed by atoms with van der Waals surface area (Å²) in [6.45, 7) is 3.74. The van der Waals surface area contributed by atoms with Crippen molar-refractivity contribution < 1.29 is 4.79 Å². The van der Waals surface area contributed by atoms with E-state index in [-0.39, 0.29) is 5.78 Å². The lowest BCUT2D eigenvalue weighted by molar-refractivity contribution is -0.118. The molecule has 1 atom stereocenters. The van der Waals surface area contributed by atoms with E-state index in [9.17, 15) is 4.79 Å². The Balaban J connectivity index is 2.53. The number of carbonyl (C=O) groups is 1. The van der Waals surface area contributed by atoms with Gasteiger partial charge in [-0.15, -0.1) is 0 Å². The van der Waals surface area contributed by atoms with Gasteiger partial charge >= 0.3 is 0 Å². The number of hydrogen-bond acceptors (Lipinski definition) is 2. The SMILES string of the molecule is CCCC=C(c1ccccc1)C1(C(C)=O)C=CC=N1. The van der Waals surface area contributed by atoms with Gasteiger partial charge in [-0.3, -0.25) is 9.79 Å². The number of nitrogens with zero attached hydrogens (tertiary/aromatic N) is 1. The molecular weight excluding hydrogens is 234 g/mol. The van der Waals surface area contributed by atoms with Crippen LogP contribution < -0.4 is 0 Å². The first-order valence-corrected chi connectivity index (χ1v) is 6.71. The molecule has 0 aromatic heterocycles. The van der Waals surface area contributed by atoms with Crippen LogP contribution in [0.25, 0.3) is 5.57 Å². The van der Waals surface area contributed by atoms with Crippen LogP contribution >= 0.6 is 0 Å². The second-order valence-electron chi connectivity index (χ2n) is 4.73. The molecule has 0 saturated carbocycles. The minimum atomic E-state index is -0.823. The summed E-state index contributed by atoms with van der Waals surface area (Å²) in [5.74, 6) is 0.0590. The van der Waals surface area contributed by atoms with Crippen molar-refractivity contribution in [3.63, 3.8) is 0 Å². The fourth-order valence-corrected chi connectivity index (χ4v) is 2.34. The third kappa shape index (κ3) is 2.58. The number of benzene rings is 1. The summed E-state index contributed by atoms with van der Waals surface area (Å²) >= 11 is 0. The minimum Gasteiger partial charge on any atom is -0.297 e. The van der Waals surface area contributed by atoms with E-state index in [1.165, 1.54) is 0 Å². The Bertz CT molecular complexity index is 526. The van der Waals surface area contributed by atoms with Gasteiger partial charge in [-0.1, -0.05) is 49.8 Å². The van der Waals surface area contributed by atoms with E-state index in [4.69, 9.17) is 0 Å². The molecule has 98 valence electrons. The van der Waals surface area contributed by atoms with Crippen LogP contribution in [-0.2, 0) is 4.79 Å². The first-order chi connectivity index (χ1) is 9.20. The van der Waals surface area contributed by atoms with Gasteiger partial charge in [0.05, 0.1) is 0 Å². The highest BCUT2D eigenvalue weighted by Crippen LogP contribution is 2.35. The summed E-state index contributed by atoms with van der Waals surface area (Å²) in [5.41, 5.74) is 1.23. The van der Waals surface area contributed by atoms with Gasteiger partial charge in [0.25, 0.3) is 0 Å². The van der Waals surface area contributed by atoms with Gasteiger partial charge in [-0.2, -0.15) is 0 Å². The molecule has 1 aromatic carbocycles. The van der Waals surface area contributed by atoms with E-state index in [2.05, 4.69) is 18.0 Å². The number of hydrogen-bond donors (Lipinski definition) is 0. The Hall–Kier alpha value is -1.96. The van der Waals surface area contributed by atoms with Crippen molar-refractivity contribution in [2.45, 2.75) is 32.2 Å². The lowest BCUT2D eigenvalue weighted by Gasteiger charge is -2.25. The molecule has 2 heteroatoms. The van der Waals surface area contributed by atoms with Crippen LogP contribution in [0.4, 0.5) is 0 Å². The quantitative estimate of drug-likeness (QED) is 0.784. The zero-order valence-corrected chi connectivity index (χ0v) is 11.5. The van der Waals surface area contributed by atoms with Gasteiger partial charge in [0, 0.05) is 6.21 Å². The van der Waals surface area contributed by atoms with Crippen LogP contribution in [0.15, 0.2) is 53.6 Å². The van der Waals surface area contributed by atoms with Crippen LogP contribution in [-0.4, -0.2) is 17.5 Å². The number of unbranched alkanes of at least 4 members (excludes halogenated alkanes) is 1. The molecule has 0 radical (unpaired) electrons. The van der Waals surface area contributed by atoms with Gasteiger partial charge in [0.2, 0.25) is 0 Å². The Morgan fingerprint density at radius 3 is 2.58 bits per heavy atom. The molecular formula is C17H19NO. The van der Waals surface area contributed by atoms with E-state index in [0.29, 0.717) is 0 Å². The van der Waals surface area contributed by atoms with Gasteiger partial charge in [-0.25, -0.2) is 0 Å². The van der Waals surface area contributed by atoms with E-state index in [0.717, 1.165) is 24.0 Å². The molecule has 0 aliphatic carbocycles. The van der Waals surface area contributed by atoms with Crippen LogP contribution in [0.1, 0.15) is 32.3 Å². The van der Waals surface area contributed by atoms with Crippen molar-refractivity contribution in [2.75, 3.05) is 0 Å². The van der Waals surface area contributed by atoms with Crippen LogP contribution in [0, 0.1) is 0 Å². The predicted molar refractivity (Wildman–Crippen MR) is 80.4 cm³/mol. The van der Waals surface area contributed by atoms with Crippen LogP contribution in [0.2, 0.25) is 0 Å². The predicted octanol–water partition coefficient (Wildman–Crippen LogP) is 3.84. The summed E-state index contributed by atoms with van der Waals surface area (Å²) in [7, 11) is 0. The van der Waals surface area contributed by atoms with Crippen molar-refractivity contribution in [2.24, 2.45) is 4.99 Å². The molecule has 0 bridgehead atoms. The second-order valence-corrected chi connectivity index (χ2v) is 4.73. The lowest BCUT2D eigenvalue weighted by Crippen LogP contribution is -2.32. The van der Waals surface area contributed by atoms with Gasteiger partial charge in [-0.05, 0) is 36.6 Å². The lowest BCUT2D eigenvalue weighted by atomic mass is 9.82. The first kappa shape index (κ1) is 13.5. The molecule has 2 nitrogen and oxygen atoms in total. The smallest absolute Gasteiger partial charge is 0.165 e. The maximum atomic E-state index is 12.1. The molecule has 0 saturated heterocycles. The Labute approximate surface area is 114 Å². The maximum absolute atomic E-state index is 12.1. The molecule has 19 heavy (non-hydrogen) atoms. The summed E-state index contributed by atoms with van der Waals surface area (Å²) in [5, 5.41) is 0. The normalized spacial score (nSPS) is 21.9. The Morgan fingerprint density at radius 2 is 2.05 bits per heavy atom. The van der Waals surface area contributed by atoms with E-state index in [1.807, 2.05) is 42.5 Å². The topological polar surface area (TPSA) is 29.4 Å². The highest BCUT2D eigenvalue weighted by Gasteiger charge is 2.37. The number of aliphatic imine (C=N–C) groups is 1. The molecule has 2 rings (SSSR count). The van der Waals surface area contributed by atoms with Crippen LogP contribution in [0.5, 0.6) is 0 Å². The van der Waals surface area contributed by atoms with Crippen LogP contribution in [0.3, 0.4) is 0 Å². The number of allylic oxidation sites excluding steroid dienone is 2. The third-order valence-electron chi connectivity index (χ3n) is 3.37. The number of carbonyl (C=O) groups excluding carboxylic acids is 1. The summed E-state index contributed by atoms with van der Waals surface area (Å²) in [6, 6.07) is 10.0. The standard InChI is InChI=1S/C17H19NO/c1-3-4-11-16(15-9-6-5-7-10-15)17(14(2)19)12-8-13-18-17/h5-13H,3-4H2,1-2H3. The fourth-order valence-electron chi connectivity index (χ4n) is 2.34. The molecule has 1 unspecified atom stereocenters. The monoisotopic (exact) mass is 253 g/mol. The molecule has 0 fully saturated rings. The molecule has 0 N–H and O–H groups in total. The highest BCUT2D eigenvalue weighted by atomic mass is 16.1. The summed E-state index contributed by atoms with van der Waals surface area (Å²) in [6.07, 6.45) is 9.60. The second kappa shape index (κ2) is 5.79. The molecule has 0 amide bonds. The first-order valence-electron chi connectivity index (χ1n) is 6.71. The van der Waals surface area contributed by atoms with Crippen molar-refractivity contribution in [3.05, 3.63) is 54.1 Å². The zero-order valence-electron chi connectivity index (χ0n) is 11.5. The molecule has 1 aromatic rings. The van der Waals surface area contributed by atoms with E-state index < -0.39 is 5.54 Å². The Morgan fingerprint density at radius 1 is 1.32 bits per heavy atom. The van der Waals surface area contributed by atoms with Crippen molar-refractivity contribution in [1.29, 1.82) is 0 Å². The molecule has 0 spiro atoms. The van der Waals surface area contributed by atoms with Gasteiger partial charge < -0.3 is 0 Å². The summed E-state index contributed by atoms with van der Waals surface area (Å²) < 4.78 is 0. The highest BCUT2D eigenvalue weighted by molar-refractivity contribution is 6.07. The van der Waals surface area contributed by atoms with Gasteiger partial charge in [0.1, 0.15) is 0 Å². The molecule has 1 aliphatic heterocycles. The summed E-state index contributed by atoms with van der Waals surface area (Å²) in [4.78, 5) is 16.6. The number of rotatable bonds is 5. The molecule has 1 aliphatic rings. The molecule has 1 heterocycles. The third-order valence-corrected chi connectivity index (χ3v) is 3.37. The maximum Gasteiger partial charge on any atom is 0.165 e. The zero-order chi connectivity index (χ0) is 13.7. The Kier molecular flexibility index (Phi) is 4.10. The van der Waals surface area contributed by atoms with Crippen molar-refractivity contribution in [1.82, 2.24) is 0 Å². The van der Waals surface area contributed by atoms with Crippen molar-refractivity contribution >= 4 is 17.6 Å². The largest absolute Gasteiger partial charge is 0.297 e. The number of ketones is 1. The van der Waals surface area contributed by atoms with Gasteiger partial charge in [0.15, 0.2) is 11.3 Å². The number of Topliss-reactive ketones (excluding diaryl/α,β-unsaturated/α-hetero) is 1.